The van der Waals surface area contributed by atoms with E-state index in [0.717, 1.165) is 25.2 Å². The van der Waals surface area contributed by atoms with Gasteiger partial charge in [-0.3, -0.25) is 9.48 Å². The fourth-order valence-electron chi connectivity index (χ4n) is 1.94. The van der Waals surface area contributed by atoms with Crippen LogP contribution in [0.15, 0.2) is 25.0 Å². The van der Waals surface area contributed by atoms with Crippen LogP contribution in [0.3, 0.4) is 0 Å². The van der Waals surface area contributed by atoms with Gasteiger partial charge in [-0.2, -0.15) is 5.10 Å². The van der Waals surface area contributed by atoms with E-state index >= 15 is 0 Å². The second-order valence-electron chi connectivity index (χ2n) is 4.02. The topological polar surface area (TPSA) is 50.2 Å². The number of carbonyl (C=O) groups is 1. The van der Waals surface area contributed by atoms with Crippen LogP contribution in [0.2, 0.25) is 0 Å². The summed E-state index contributed by atoms with van der Waals surface area (Å²) in [6, 6.07) is 0.214. The Morgan fingerprint density at radius 1 is 1.75 bits per heavy atom. The fourth-order valence-corrected chi connectivity index (χ4v) is 1.94. The Hall–Kier alpha value is -1.78. The van der Waals surface area contributed by atoms with E-state index in [1.54, 1.807) is 4.68 Å². The van der Waals surface area contributed by atoms with E-state index < -0.39 is 0 Å². The number of hydrogen-bond donors (Lipinski definition) is 1. The number of hydrogen-bond acceptors (Lipinski definition) is 3. The van der Waals surface area contributed by atoms with E-state index in [1.807, 2.05) is 19.4 Å². The van der Waals surface area contributed by atoms with Crippen molar-refractivity contribution in [3.63, 3.8) is 0 Å². The fraction of sp³-hybridized carbons (Fsp3) is 0.455. The molecule has 1 aromatic rings. The van der Waals surface area contributed by atoms with Crippen molar-refractivity contribution < 1.29 is 4.79 Å². The summed E-state index contributed by atoms with van der Waals surface area (Å²) in [4.78, 5) is 13.4. The maximum absolute atomic E-state index is 11.2. The average molecular weight is 220 g/mol. The predicted octanol–water partition coefficient (Wildman–Crippen LogP) is 0.301. The normalized spacial score (nSPS) is 19.8. The van der Waals surface area contributed by atoms with Crippen molar-refractivity contribution in [2.45, 2.75) is 12.5 Å². The van der Waals surface area contributed by atoms with E-state index in [0.29, 0.717) is 0 Å². The van der Waals surface area contributed by atoms with Crippen LogP contribution in [0.5, 0.6) is 0 Å². The molecule has 1 atom stereocenters. The van der Waals surface area contributed by atoms with Crippen molar-refractivity contribution in [2.75, 3.05) is 18.0 Å². The number of aryl methyl sites for hydroxylation is 1. The molecule has 1 aromatic heterocycles. The predicted molar refractivity (Wildman–Crippen MR) is 62.2 cm³/mol. The van der Waals surface area contributed by atoms with Crippen LogP contribution < -0.4 is 10.2 Å². The summed E-state index contributed by atoms with van der Waals surface area (Å²) in [5.74, 6) is -0.0990. The lowest BCUT2D eigenvalue weighted by atomic mass is 10.2. The zero-order chi connectivity index (χ0) is 11.5. The number of nitrogens with zero attached hydrogens (tertiary/aromatic N) is 3. The average Bonchev–Trinajstić information content (AvgIpc) is 2.87. The molecule has 0 spiro atoms. The molecule has 1 N–H and O–H groups in total. The quantitative estimate of drug-likeness (QED) is 0.745. The molecule has 1 fully saturated rings. The van der Waals surface area contributed by atoms with Gasteiger partial charge in [0.1, 0.15) is 0 Å². The summed E-state index contributed by atoms with van der Waals surface area (Å²) < 4.78 is 1.78. The summed E-state index contributed by atoms with van der Waals surface area (Å²) in [5, 5.41) is 7.04. The minimum Gasteiger partial charge on any atom is -0.367 e. The summed E-state index contributed by atoms with van der Waals surface area (Å²) in [6.45, 7) is 5.23. The van der Waals surface area contributed by atoms with E-state index in [9.17, 15) is 4.79 Å². The Labute approximate surface area is 94.7 Å². The van der Waals surface area contributed by atoms with Crippen molar-refractivity contribution in [3.8, 4) is 0 Å². The van der Waals surface area contributed by atoms with Crippen LogP contribution in [0, 0.1) is 0 Å². The molecule has 1 aliphatic heterocycles. The number of nitrogens with one attached hydrogen (secondary N) is 1. The van der Waals surface area contributed by atoms with E-state index in [-0.39, 0.29) is 11.9 Å². The van der Waals surface area contributed by atoms with Gasteiger partial charge in [0.15, 0.2) is 0 Å². The lowest BCUT2D eigenvalue weighted by molar-refractivity contribution is -0.117. The van der Waals surface area contributed by atoms with Gasteiger partial charge < -0.3 is 10.2 Å². The zero-order valence-electron chi connectivity index (χ0n) is 9.39. The van der Waals surface area contributed by atoms with Gasteiger partial charge in [-0.15, -0.1) is 0 Å². The van der Waals surface area contributed by atoms with Gasteiger partial charge in [-0.25, -0.2) is 0 Å². The molecule has 5 heteroatoms. The van der Waals surface area contributed by atoms with Crippen molar-refractivity contribution in [3.05, 3.63) is 25.0 Å². The molecule has 1 saturated heterocycles. The standard InChI is InChI=1S/C11H16N4O/c1-3-11(16)13-9-4-5-15(7-9)10-6-12-14(2)8-10/h3,6,8-9H,1,4-5,7H2,2H3,(H,13,16). The first-order valence-electron chi connectivity index (χ1n) is 5.35. The van der Waals surface area contributed by atoms with Crippen LogP contribution in [-0.2, 0) is 11.8 Å². The highest BCUT2D eigenvalue weighted by molar-refractivity contribution is 5.87. The van der Waals surface area contributed by atoms with Crippen molar-refractivity contribution in [1.82, 2.24) is 15.1 Å². The van der Waals surface area contributed by atoms with Crippen LogP contribution >= 0.6 is 0 Å². The van der Waals surface area contributed by atoms with Crippen molar-refractivity contribution >= 4 is 11.6 Å². The molecule has 16 heavy (non-hydrogen) atoms. The Morgan fingerprint density at radius 3 is 3.19 bits per heavy atom. The summed E-state index contributed by atoms with van der Waals surface area (Å²) in [6.07, 6.45) is 6.11. The number of rotatable bonds is 3. The molecule has 0 bridgehead atoms. The van der Waals surface area contributed by atoms with Crippen molar-refractivity contribution in [2.24, 2.45) is 7.05 Å². The molecule has 0 radical (unpaired) electrons. The van der Waals surface area contributed by atoms with Crippen LogP contribution in [0.25, 0.3) is 0 Å². The van der Waals surface area contributed by atoms with Crippen LogP contribution in [0.1, 0.15) is 6.42 Å². The lowest BCUT2D eigenvalue weighted by Crippen LogP contribution is -2.35. The van der Waals surface area contributed by atoms with Gasteiger partial charge in [0, 0.05) is 32.4 Å². The Balaban J connectivity index is 1.93. The maximum Gasteiger partial charge on any atom is 0.243 e. The van der Waals surface area contributed by atoms with Crippen molar-refractivity contribution in [1.29, 1.82) is 0 Å². The van der Waals surface area contributed by atoms with E-state index in [4.69, 9.17) is 0 Å². The summed E-state index contributed by atoms with van der Waals surface area (Å²) in [7, 11) is 1.90. The third-order valence-corrected chi connectivity index (χ3v) is 2.78. The highest BCUT2D eigenvalue weighted by atomic mass is 16.1. The monoisotopic (exact) mass is 220 g/mol. The van der Waals surface area contributed by atoms with Gasteiger partial charge in [-0.05, 0) is 12.5 Å². The minimum absolute atomic E-state index is 0.0990. The number of anilines is 1. The molecule has 1 amide bonds. The third-order valence-electron chi connectivity index (χ3n) is 2.78. The zero-order valence-corrected chi connectivity index (χ0v) is 9.39. The first-order valence-corrected chi connectivity index (χ1v) is 5.35. The number of amides is 1. The van der Waals surface area contributed by atoms with Crippen LogP contribution in [0.4, 0.5) is 5.69 Å². The molecule has 1 aliphatic rings. The Morgan fingerprint density at radius 2 is 2.56 bits per heavy atom. The SMILES string of the molecule is C=CC(=O)NC1CCN(c2cnn(C)c2)C1. The first-order chi connectivity index (χ1) is 7.69. The van der Waals surface area contributed by atoms with Gasteiger partial charge >= 0.3 is 0 Å². The van der Waals surface area contributed by atoms with Gasteiger partial charge in [0.2, 0.25) is 5.91 Å². The Kier molecular flexibility index (Phi) is 2.94. The van der Waals surface area contributed by atoms with Crippen LogP contribution in [-0.4, -0.2) is 34.8 Å². The van der Waals surface area contributed by atoms with Gasteiger partial charge in [-0.1, -0.05) is 6.58 Å². The van der Waals surface area contributed by atoms with Gasteiger partial charge in [0.25, 0.3) is 0 Å². The summed E-state index contributed by atoms with van der Waals surface area (Å²) in [5.41, 5.74) is 1.11. The molecular formula is C11H16N4O. The Bertz CT molecular complexity index is 398. The first kappa shape index (κ1) is 10.7. The third kappa shape index (κ3) is 2.24. The second-order valence-corrected chi connectivity index (χ2v) is 4.02. The number of carbonyl (C=O) groups excluding carboxylic acids is 1. The molecule has 2 rings (SSSR count). The molecular weight excluding hydrogens is 204 g/mol. The second kappa shape index (κ2) is 4.38. The molecule has 1 unspecified atom stereocenters. The summed E-state index contributed by atoms with van der Waals surface area (Å²) >= 11 is 0. The van der Waals surface area contributed by atoms with Gasteiger partial charge in [0.05, 0.1) is 11.9 Å². The molecule has 86 valence electrons. The minimum atomic E-state index is -0.0990. The molecule has 2 heterocycles. The molecule has 5 nitrogen and oxygen atoms in total. The largest absolute Gasteiger partial charge is 0.367 e. The lowest BCUT2D eigenvalue weighted by Gasteiger charge is -2.16. The van der Waals surface area contributed by atoms with E-state index in [1.165, 1.54) is 6.08 Å². The number of aromatic nitrogens is 2. The van der Waals surface area contributed by atoms with E-state index in [2.05, 4.69) is 21.9 Å². The molecule has 0 aliphatic carbocycles. The smallest absolute Gasteiger partial charge is 0.243 e. The maximum atomic E-state index is 11.2. The highest BCUT2D eigenvalue weighted by Crippen LogP contribution is 2.18. The molecule has 0 saturated carbocycles. The molecule has 0 aromatic carbocycles. The highest BCUT2D eigenvalue weighted by Gasteiger charge is 2.23.